The van der Waals surface area contributed by atoms with Gasteiger partial charge in [0, 0.05) is 26.6 Å². The van der Waals surface area contributed by atoms with Gasteiger partial charge in [-0.05, 0) is 24.8 Å². The van der Waals surface area contributed by atoms with Crippen molar-refractivity contribution in [2.75, 3.05) is 26.8 Å². The summed E-state index contributed by atoms with van der Waals surface area (Å²) in [5, 5.41) is 0. The van der Waals surface area contributed by atoms with Crippen molar-refractivity contribution in [1.29, 1.82) is 0 Å². The topological polar surface area (TPSA) is 95.6 Å². The van der Waals surface area contributed by atoms with Crippen LogP contribution in [-0.2, 0) is 33.7 Å². The average molecular weight is 425 g/mol. The van der Waals surface area contributed by atoms with Gasteiger partial charge in [-0.25, -0.2) is 4.98 Å². The first kappa shape index (κ1) is 21.2. The van der Waals surface area contributed by atoms with E-state index >= 15 is 0 Å². The first-order chi connectivity index (χ1) is 15.1. The number of amides is 2. The van der Waals surface area contributed by atoms with Gasteiger partial charge >= 0.3 is 0 Å². The lowest BCUT2D eigenvalue weighted by Gasteiger charge is -2.36. The van der Waals surface area contributed by atoms with Crippen molar-refractivity contribution in [2.24, 2.45) is 0 Å². The summed E-state index contributed by atoms with van der Waals surface area (Å²) in [5.74, 6) is 0.468. The van der Waals surface area contributed by atoms with E-state index in [0.717, 1.165) is 30.5 Å². The number of H-pyrrole nitrogens is 1. The van der Waals surface area contributed by atoms with Crippen LogP contribution in [-0.4, -0.2) is 58.4 Å². The first-order valence-corrected chi connectivity index (χ1v) is 10.8. The number of rotatable bonds is 5. The molecule has 0 radical (unpaired) electrons. The number of benzene rings is 1. The summed E-state index contributed by atoms with van der Waals surface area (Å²) in [7, 11) is 1.48. The number of carbonyl (C=O) groups is 2. The Labute approximate surface area is 181 Å². The molecule has 0 spiro atoms. The van der Waals surface area contributed by atoms with Gasteiger partial charge < -0.3 is 19.5 Å². The lowest BCUT2D eigenvalue weighted by Crippen LogP contribution is -2.43. The van der Waals surface area contributed by atoms with Gasteiger partial charge in [-0.1, -0.05) is 30.3 Å². The number of ether oxygens (including phenoxy) is 1. The van der Waals surface area contributed by atoms with Crippen LogP contribution in [0.25, 0.3) is 0 Å². The number of nitrogens with zero attached hydrogens (tertiary/aromatic N) is 3. The third kappa shape index (κ3) is 4.69. The molecule has 2 amide bonds. The monoisotopic (exact) mass is 424 g/mol. The summed E-state index contributed by atoms with van der Waals surface area (Å²) in [6.07, 6.45) is 3.57. The molecule has 1 saturated heterocycles. The molecule has 0 saturated carbocycles. The molecule has 164 valence electrons. The molecule has 1 fully saturated rings. The number of piperidine rings is 1. The third-order valence-corrected chi connectivity index (χ3v) is 6.04. The molecule has 3 heterocycles. The second-order valence-electron chi connectivity index (χ2n) is 8.14. The lowest BCUT2D eigenvalue weighted by atomic mass is 9.99. The first-order valence-electron chi connectivity index (χ1n) is 10.8. The maximum absolute atomic E-state index is 13.1. The Balaban J connectivity index is 1.55. The van der Waals surface area contributed by atoms with Crippen LogP contribution in [0.15, 0.2) is 35.1 Å². The van der Waals surface area contributed by atoms with Crippen molar-refractivity contribution in [3.05, 3.63) is 63.3 Å². The van der Waals surface area contributed by atoms with Crippen molar-refractivity contribution in [3.8, 4) is 0 Å². The van der Waals surface area contributed by atoms with E-state index in [-0.39, 0.29) is 36.6 Å². The highest BCUT2D eigenvalue weighted by Crippen LogP contribution is 2.30. The molecule has 2 aliphatic rings. The molecular weight excluding hydrogens is 396 g/mol. The van der Waals surface area contributed by atoms with Gasteiger partial charge in [-0.2, -0.15) is 0 Å². The Kier molecular flexibility index (Phi) is 6.46. The number of aromatic nitrogens is 2. The Hall–Kier alpha value is -3.00. The molecule has 8 nitrogen and oxygen atoms in total. The predicted molar refractivity (Wildman–Crippen MR) is 114 cm³/mol. The zero-order valence-electron chi connectivity index (χ0n) is 17.8. The van der Waals surface area contributed by atoms with Gasteiger partial charge in [0.1, 0.15) is 12.4 Å². The number of methoxy groups -OCH3 is 1. The van der Waals surface area contributed by atoms with Crippen LogP contribution in [0.2, 0.25) is 0 Å². The van der Waals surface area contributed by atoms with Crippen molar-refractivity contribution < 1.29 is 14.3 Å². The molecule has 1 N–H and O–H groups in total. The van der Waals surface area contributed by atoms with E-state index in [0.29, 0.717) is 37.3 Å². The van der Waals surface area contributed by atoms with Crippen molar-refractivity contribution >= 4 is 11.8 Å². The van der Waals surface area contributed by atoms with E-state index < -0.39 is 0 Å². The third-order valence-electron chi connectivity index (χ3n) is 6.04. The van der Waals surface area contributed by atoms with Gasteiger partial charge in [0.05, 0.1) is 30.3 Å². The summed E-state index contributed by atoms with van der Waals surface area (Å²) in [5.41, 5.74) is 2.00. The van der Waals surface area contributed by atoms with E-state index in [4.69, 9.17) is 9.72 Å². The summed E-state index contributed by atoms with van der Waals surface area (Å²) in [6, 6.07) is 9.47. The zero-order chi connectivity index (χ0) is 21.8. The maximum atomic E-state index is 13.1. The van der Waals surface area contributed by atoms with Crippen LogP contribution >= 0.6 is 0 Å². The second-order valence-corrected chi connectivity index (χ2v) is 8.14. The molecule has 8 heteroatoms. The lowest BCUT2D eigenvalue weighted by molar-refractivity contribution is -0.136. The summed E-state index contributed by atoms with van der Waals surface area (Å²) in [6.45, 7) is 1.41. The highest BCUT2D eigenvalue weighted by atomic mass is 16.5. The van der Waals surface area contributed by atoms with Crippen molar-refractivity contribution in [3.63, 3.8) is 0 Å². The summed E-state index contributed by atoms with van der Waals surface area (Å²) >= 11 is 0. The molecule has 0 unspecified atom stereocenters. The number of nitrogens with one attached hydrogen (secondary N) is 1. The molecule has 1 aromatic heterocycles. The molecule has 4 rings (SSSR count). The SMILES string of the molecule is COCC(=O)N1CCc2nc([C@@H]3CCCCN3C(=O)Cc3ccccc3)[nH]c(=O)c2C1. The number of hydrogen-bond acceptors (Lipinski definition) is 5. The normalized spacial score (nSPS) is 18.5. The minimum absolute atomic E-state index is 0.000684. The number of aromatic amines is 1. The fraction of sp³-hybridized carbons (Fsp3) is 0.478. The summed E-state index contributed by atoms with van der Waals surface area (Å²) in [4.78, 5) is 49.2. The van der Waals surface area contributed by atoms with Crippen molar-refractivity contribution in [2.45, 2.75) is 44.7 Å². The Morgan fingerprint density at radius 1 is 1.16 bits per heavy atom. The number of fused-ring (bicyclic) bond motifs is 1. The van der Waals surface area contributed by atoms with E-state index in [1.54, 1.807) is 4.90 Å². The standard InChI is InChI=1S/C23H28N4O4/c1-31-15-21(29)26-12-10-18-17(14-26)23(30)25-22(24-18)19-9-5-6-11-27(19)20(28)13-16-7-3-2-4-8-16/h2-4,7-8,19H,5-6,9-15H2,1H3,(H,24,25,30)/t19-/m0/s1. The number of likely N-dealkylation sites (tertiary alicyclic amines) is 1. The van der Waals surface area contributed by atoms with Crippen LogP contribution in [0, 0.1) is 0 Å². The molecule has 0 bridgehead atoms. The largest absolute Gasteiger partial charge is 0.375 e. The average Bonchev–Trinajstić information content (AvgIpc) is 2.79. The highest BCUT2D eigenvalue weighted by Gasteiger charge is 2.32. The molecule has 0 aliphatic carbocycles. The van der Waals surface area contributed by atoms with Crippen molar-refractivity contribution in [1.82, 2.24) is 19.8 Å². The van der Waals surface area contributed by atoms with Crippen LogP contribution < -0.4 is 5.56 Å². The fourth-order valence-electron chi connectivity index (χ4n) is 4.42. The van der Waals surface area contributed by atoms with Crippen LogP contribution in [0.4, 0.5) is 0 Å². The smallest absolute Gasteiger partial charge is 0.256 e. The van der Waals surface area contributed by atoms with E-state index in [9.17, 15) is 14.4 Å². The highest BCUT2D eigenvalue weighted by molar-refractivity contribution is 5.79. The Bertz CT molecular complexity index is 1000. The molecule has 1 aromatic carbocycles. The Morgan fingerprint density at radius 3 is 2.74 bits per heavy atom. The maximum Gasteiger partial charge on any atom is 0.256 e. The van der Waals surface area contributed by atoms with Crippen LogP contribution in [0.1, 0.15) is 47.9 Å². The predicted octanol–water partition coefficient (Wildman–Crippen LogP) is 1.60. The zero-order valence-corrected chi connectivity index (χ0v) is 17.8. The number of hydrogen-bond donors (Lipinski definition) is 1. The molecule has 31 heavy (non-hydrogen) atoms. The van der Waals surface area contributed by atoms with E-state index in [1.165, 1.54) is 7.11 Å². The summed E-state index contributed by atoms with van der Waals surface area (Å²) < 4.78 is 4.92. The van der Waals surface area contributed by atoms with Gasteiger partial charge in [0.15, 0.2) is 0 Å². The molecular formula is C23H28N4O4. The molecule has 1 atom stereocenters. The fourth-order valence-corrected chi connectivity index (χ4v) is 4.42. The minimum Gasteiger partial charge on any atom is -0.375 e. The number of carbonyl (C=O) groups excluding carboxylic acids is 2. The molecule has 2 aliphatic heterocycles. The van der Waals surface area contributed by atoms with E-state index in [2.05, 4.69) is 4.98 Å². The quantitative estimate of drug-likeness (QED) is 0.787. The van der Waals surface area contributed by atoms with Crippen LogP contribution in [0.5, 0.6) is 0 Å². The Morgan fingerprint density at radius 2 is 1.97 bits per heavy atom. The van der Waals surface area contributed by atoms with E-state index in [1.807, 2.05) is 35.2 Å². The minimum atomic E-state index is -0.226. The van der Waals surface area contributed by atoms with Gasteiger partial charge in [-0.15, -0.1) is 0 Å². The van der Waals surface area contributed by atoms with Gasteiger partial charge in [0.2, 0.25) is 11.8 Å². The molecule has 2 aromatic rings. The van der Waals surface area contributed by atoms with Crippen LogP contribution in [0.3, 0.4) is 0 Å². The van der Waals surface area contributed by atoms with Gasteiger partial charge in [-0.3, -0.25) is 14.4 Å². The van der Waals surface area contributed by atoms with Gasteiger partial charge in [0.25, 0.3) is 5.56 Å². The second kappa shape index (κ2) is 9.43.